The lowest BCUT2D eigenvalue weighted by Gasteiger charge is -2.10. The van der Waals surface area contributed by atoms with E-state index in [9.17, 15) is 4.79 Å². The minimum absolute atomic E-state index is 0.158. The van der Waals surface area contributed by atoms with Gasteiger partial charge < -0.3 is 4.74 Å². The van der Waals surface area contributed by atoms with Crippen molar-refractivity contribution >= 4 is 61.5 Å². The first kappa shape index (κ1) is 19.7. The van der Waals surface area contributed by atoms with E-state index in [1.807, 2.05) is 36.4 Å². The number of hydrogen-bond acceptors (Lipinski definition) is 3. The summed E-state index contributed by atoms with van der Waals surface area (Å²) in [6.07, 6.45) is 0. The molecule has 0 fully saturated rings. The van der Waals surface area contributed by atoms with Crippen molar-refractivity contribution in [2.45, 2.75) is 6.92 Å². The fraction of sp³-hybridized carbons (Fsp3) is 0.100. The predicted octanol–water partition coefficient (Wildman–Crippen LogP) is 5.83. The fourth-order valence-electron chi connectivity index (χ4n) is 2.43. The van der Waals surface area contributed by atoms with Crippen molar-refractivity contribution in [3.05, 3.63) is 74.7 Å². The van der Waals surface area contributed by atoms with Gasteiger partial charge in [-0.15, -0.1) is 0 Å². The van der Waals surface area contributed by atoms with Crippen molar-refractivity contribution in [2.75, 3.05) is 6.61 Å². The summed E-state index contributed by atoms with van der Waals surface area (Å²) in [5, 5.41) is 7.07. The van der Waals surface area contributed by atoms with E-state index in [2.05, 4.69) is 26.5 Å². The second-order valence-electron chi connectivity index (χ2n) is 5.75. The number of hydrazone groups is 1. The second-order valence-corrected chi connectivity index (χ2v) is 7.36. The van der Waals surface area contributed by atoms with E-state index in [0.717, 1.165) is 20.8 Å². The van der Waals surface area contributed by atoms with Crippen LogP contribution >= 0.6 is 39.1 Å². The SMILES string of the molecule is C/C(=N/NC(=O)COc1ccc2ccccc2c1Br)c1ccc(Cl)c(Cl)c1. The molecule has 0 aliphatic heterocycles. The molecular weight excluding hydrogens is 451 g/mol. The Balaban J connectivity index is 1.63. The molecule has 0 radical (unpaired) electrons. The Labute approximate surface area is 175 Å². The van der Waals surface area contributed by atoms with Gasteiger partial charge in [-0.1, -0.05) is 59.6 Å². The van der Waals surface area contributed by atoms with Crippen LogP contribution in [-0.4, -0.2) is 18.2 Å². The maximum atomic E-state index is 12.0. The number of carbonyl (C=O) groups is 1. The lowest BCUT2D eigenvalue weighted by Crippen LogP contribution is -2.25. The average molecular weight is 466 g/mol. The Kier molecular flexibility index (Phi) is 6.37. The molecule has 0 aliphatic carbocycles. The number of nitrogens with zero attached hydrogens (tertiary/aromatic N) is 1. The van der Waals surface area contributed by atoms with Crippen LogP contribution in [-0.2, 0) is 4.79 Å². The second kappa shape index (κ2) is 8.74. The topological polar surface area (TPSA) is 50.7 Å². The molecule has 0 atom stereocenters. The van der Waals surface area contributed by atoms with Gasteiger partial charge in [0.2, 0.25) is 0 Å². The number of nitrogens with one attached hydrogen (secondary N) is 1. The highest BCUT2D eigenvalue weighted by Crippen LogP contribution is 2.32. The summed E-state index contributed by atoms with van der Waals surface area (Å²) in [5.41, 5.74) is 3.85. The van der Waals surface area contributed by atoms with E-state index in [0.29, 0.717) is 21.5 Å². The van der Waals surface area contributed by atoms with Crippen LogP contribution in [0.15, 0.2) is 64.2 Å². The molecule has 7 heteroatoms. The van der Waals surface area contributed by atoms with Crippen LogP contribution in [0.5, 0.6) is 5.75 Å². The largest absolute Gasteiger partial charge is 0.483 e. The van der Waals surface area contributed by atoms with E-state index in [-0.39, 0.29) is 12.5 Å². The van der Waals surface area contributed by atoms with Crippen LogP contribution in [0.3, 0.4) is 0 Å². The van der Waals surface area contributed by atoms with E-state index in [1.165, 1.54) is 0 Å². The van der Waals surface area contributed by atoms with Crippen molar-refractivity contribution in [1.82, 2.24) is 5.43 Å². The molecule has 0 aromatic heterocycles. The normalized spacial score (nSPS) is 11.5. The molecule has 0 aliphatic rings. The van der Waals surface area contributed by atoms with Crippen molar-refractivity contribution < 1.29 is 9.53 Å². The molecule has 0 heterocycles. The Morgan fingerprint density at radius 1 is 1.11 bits per heavy atom. The molecule has 3 aromatic carbocycles. The van der Waals surface area contributed by atoms with Crippen LogP contribution in [0, 0.1) is 0 Å². The summed E-state index contributed by atoms with van der Waals surface area (Å²) in [6.45, 7) is 1.61. The number of rotatable bonds is 5. The number of amides is 1. The molecule has 0 bridgehead atoms. The molecule has 27 heavy (non-hydrogen) atoms. The summed E-state index contributed by atoms with van der Waals surface area (Å²) < 4.78 is 6.42. The van der Waals surface area contributed by atoms with Gasteiger partial charge in [-0.05, 0) is 57.4 Å². The fourth-order valence-corrected chi connectivity index (χ4v) is 3.34. The summed E-state index contributed by atoms with van der Waals surface area (Å²) >= 11 is 15.4. The molecule has 3 rings (SSSR count). The smallest absolute Gasteiger partial charge is 0.277 e. The lowest BCUT2D eigenvalue weighted by atomic mass is 10.1. The molecule has 0 unspecified atom stereocenters. The van der Waals surface area contributed by atoms with Gasteiger partial charge in [-0.25, -0.2) is 5.43 Å². The van der Waals surface area contributed by atoms with Crippen molar-refractivity contribution in [3.63, 3.8) is 0 Å². The van der Waals surface area contributed by atoms with E-state index >= 15 is 0 Å². The number of halogens is 3. The van der Waals surface area contributed by atoms with Gasteiger partial charge in [0.1, 0.15) is 5.75 Å². The third-order valence-electron chi connectivity index (χ3n) is 3.87. The molecule has 4 nitrogen and oxygen atoms in total. The van der Waals surface area contributed by atoms with E-state index in [1.54, 1.807) is 25.1 Å². The maximum absolute atomic E-state index is 12.0. The Morgan fingerprint density at radius 2 is 1.89 bits per heavy atom. The van der Waals surface area contributed by atoms with E-state index in [4.69, 9.17) is 27.9 Å². The van der Waals surface area contributed by atoms with Gasteiger partial charge in [-0.3, -0.25) is 4.79 Å². The molecule has 1 N–H and O–H groups in total. The lowest BCUT2D eigenvalue weighted by molar-refractivity contribution is -0.123. The third kappa shape index (κ3) is 4.80. The highest BCUT2D eigenvalue weighted by molar-refractivity contribution is 9.10. The van der Waals surface area contributed by atoms with Crippen molar-refractivity contribution in [1.29, 1.82) is 0 Å². The van der Waals surface area contributed by atoms with Gasteiger partial charge in [0.25, 0.3) is 5.91 Å². The van der Waals surface area contributed by atoms with Gasteiger partial charge in [0, 0.05) is 0 Å². The zero-order valence-corrected chi connectivity index (χ0v) is 17.4. The summed E-state index contributed by atoms with van der Waals surface area (Å²) in [5.74, 6) is 0.225. The summed E-state index contributed by atoms with van der Waals surface area (Å²) in [7, 11) is 0. The van der Waals surface area contributed by atoms with Gasteiger partial charge in [0.15, 0.2) is 6.61 Å². The number of benzene rings is 3. The van der Waals surface area contributed by atoms with Crippen molar-refractivity contribution in [2.24, 2.45) is 5.10 Å². The van der Waals surface area contributed by atoms with Crippen molar-refractivity contribution in [3.8, 4) is 5.75 Å². The van der Waals surface area contributed by atoms with Gasteiger partial charge in [-0.2, -0.15) is 5.10 Å². The minimum Gasteiger partial charge on any atom is -0.483 e. The predicted molar refractivity (Wildman–Crippen MR) is 114 cm³/mol. The number of ether oxygens (including phenoxy) is 1. The Hall–Kier alpha value is -2.08. The highest BCUT2D eigenvalue weighted by atomic mass is 79.9. The quantitative estimate of drug-likeness (QED) is 0.380. The standard InChI is InChI=1S/C20H15BrCl2N2O2/c1-12(14-6-8-16(22)17(23)10-14)24-25-19(26)11-27-18-9-7-13-4-2-3-5-15(13)20(18)21/h2-10H,11H2,1H3,(H,25,26)/b24-12-. The zero-order chi connectivity index (χ0) is 19.4. The number of hydrogen-bond donors (Lipinski definition) is 1. The summed E-state index contributed by atoms with van der Waals surface area (Å²) in [6, 6.07) is 16.8. The molecular formula is C20H15BrCl2N2O2. The molecule has 0 saturated carbocycles. The molecule has 1 amide bonds. The third-order valence-corrected chi connectivity index (χ3v) is 5.43. The molecule has 0 spiro atoms. The number of fused-ring (bicyclic) bond motifs is 1. The Morgan fingerprint density at radius 3 is 2.67 bits per heavy atom. The van der Waals surface area contributed by atoms with Gasteiger partial charge in [0.05, 0.1) is 20.2 Å². The van der Waals surface area contributed by atoms with Crippen LogP contribution < -0.4 is 10.2 Å². The molecule has 3 aromatic rings. The monoisotopic (exact) mass is 464 g/mol. The van der Waals surface area contributed by atoms with Crippen LogP contribution in [0.2, 0.25) is 10.0 Å². The minimum atomic E-state index is -0.366. The Bertz CT molecular complexity index is 1040. The highest BCUT2D eigenvalue weighted by Gasteiger charge is 2.09. The molecule has 138 valence electrons. The first-order valence-electron chi connectivity index (χ1n) is 8.04. The first-order valence-corrected chi connectivity index (χ1v) is 9.59. The average Bonchev–Trinajstić information content (AvgIpc) is 2.68. The molecule has 0 saturated heterocycles. The van der Waals surface area contributed by atoms with Crippen LogP contribution in [0.1, 0.15) is 12.5 Å². The first-order chi connectivity index (χ1) is 13.0. The maximum Gasteiger partial charge on any atom is 0.277 e. The number of carbonyl (C=O) groups excluding carboxylic acids is 1. The van der Waals surface area contributed by atoms with Gasteiger partial charge >= 0.3 is 0 Å². The van der Waals surface area contributed by atoms with Crippen LogP contribution in [0.25, 0.3) is 10.8 Å². The van der Waals surface area contributed by atoms with Crippen LogP contribution in [0.4, 0.5) is 0 Å². The van der Waals surface area contributed by atoms with E-state index < -0.39 is 0 Å². The summed E-state index contributed by atoms with van der Waals surface area (Å²) in [4.78, 5) is 12.0. The zero-order valence-electron chi connectivity index (χ0n) is 14.3.